The fraction of sp³-hybridized carbons (Fsp3) is 0.0769. The van der Waals surface area contributed by atoms with E-state index in [0.29, 0.717) is 0 Å². The van der Waals surface area contributed by atoms with E-state index in [-0.39, 0.29) is 46.9 Å². The van der Waals surface area contributed by atoms with E-state index in [1.54, 1.807) is 0 Å². The van der Waals surface area contributed by atoms with Gasteiger partial charge in [0.15, 0.2) is 0 Å². The van der Waals surface area contributed by atoms with Gasteiger partial charge < -0.3 is 9.30 Å². The van der Waals surface area contributed by atoms with Crippen LogP contribution in [0.5, 0.6) is 0 Å². The second kappa shape index (κ2) is 20.6. The van der Waals surface area contributed by atoms with Crippen molar-refractivity contribution in [3.05, 3.63) is 252 Å². The van der Waals surface area contributed by atoms with Crippen LogP contribution in [0.25, 0.3) is 9.30 Å². The molecule has 8 aromatic carbocycles. The summed E-state index contributed by atoms with van der Waals surface area (Å²) in [7, 11) is -9.26. The molecule has 0 saturated carbocycles. The minimum Gasteiger partial charge on any atom is -0.652 e. The molecule has 0 saturated heterocycles. The van der Waals surface area contributed by atoms with Crippen LogP contribution in [0.1, 0.15) is 0 Å². The third-order valence-corrected chi connectivity index (χ3v) is 30.4. The van der Waals surface area contributed by atoms with Crippen molar-refractivity contribution in [3.8, 4) is 0 Å². The maximum atomic E-state index is 5.90. The van der Waals surface area contributed by atoms with E-state index < -0.39 is 32.9 Å². The number of benzene rings is 8. The first-order chi connectivity index (χ1) is 28.3. The van der Waals surface area contributed by atoms with E-state index in [2.05, 4.69) is 269 Å². The van der Waals surface area contributed by atoms with Crippen LogP contribution >= 0.6 is 0 Å². The fourth-order valence-electron chi connectivity index (χ4n) is 8.18. The van der Waals surface area contributed by atoms with Crippen LogP contribution in [-0.4, -0.2) is 32.9 Å². The number of rotatable bonds is 12. The Hall–Kier alpha value is -3.93. The van der Waals surface area contributed by atoms with E-state index in [4.69, 9.17) is 9.30 Å². The third kappa shape index (κ3) is 10.2. The molecule has 0 amide bonds. The van der Waals surface area contributed by atoms with Crippen molar-refractivity contribution in [1.82, 2.24) is 0 Å². The molecule has 8 aromatic rings. The maximum Gasteiger partial charge on any atom is 2.00 e. The monoisotopic (exact) mass is 990 g/mol. The Balaban J connectivity index is 0.000000195. The average Bonchev–Trinajstić information content (AvgIpc) is 3.31. The van der Waals surface area contributed by atoms with Crippen molar-refractivity contribution >= 4 is 74.4 Å². The van der Waals surface area contributed by atoms with Gasteiger partial charge in [0.25, 0.3) is 0 Å². The number of hydrogen-bond acceptors (Lipinski definition) is 0. The summed E-state index contributed by atoms with van der Waals surface area (Å²) in [6.45, 7) is 9.59. The van der Waals surface area contributed by atoms with Gasteiger partial charge in [-0.2, -0.15) is 0 Å². The van der Waals surface area contributed by atoms with Crippen molar-refractivity contribution < 1.29 is 46.9 Å². The molecule has 0 radical (unpaired) electrons. The molecule has 0 unspecified atom stereocenters. The summed E-state index contributed by atoms with van der Waals surface area (Å²) in [5.41, 5.74) is 0. The summed E-state index contributed by atoms with van der Waals surface area (Å²) < 4.78 is 11.8. The van der Waals surface area contributed by atoms with Crippen molar-refractivity contribution in [2.75, 3.05) is 0 Å². The summed E-state index contributed by atoms with van der Waals surface area (Å²) in [4.78, 5) is 0. The Morgan fingerprint density at radius 3 is 0.407 bits per heavy atom. The molecule has 0 atom stereocenters. The first-order valence-electron chi connectivity index (χ1n) is 20.2. The molecule has 8 rings (SSSR count). The standard InChI is InChI=1S/2C26H26NSi2.Yb/c2*1-28(23-15-7-3-8-16-23,24-17-9-4-10-18-24)27-29(2,25-19-11-5-12-20-25)26-21-13-6-14-22-26;/h2*3-22H,1-2H3;/q2*-1;+2. The second-order valence-electron chi connectivity index (χ2n) is 15.4. The summed E-state index contributed by atoms with van der Waals surface area (Å²) in [6, 6.07) is 87.1. The Morgan fingerprint density at radius 1 is 0.203 bits per heavy atom. The van der Waals surface area contributed by atoms with Gasteiger partial charge in [0.1, 0.15) is 0 Å². The van der Waals surface area contributed by atoms with Crippen LogP contribution in [-0.2, 0) is 0 Å². The summed E-state index contributed by atoms with van der Waals surface area (Å²) in [5, 5.41) is 10.9. The van der Waals surface area contributed by atoms with Gasteiger partial charge in [0, 0.05) is 32.9 Å². The minimum atomic E-state index is -2.32. The Labute approximate surface area is 395 Å². The molecule has 0 aromatic heterocycles. The molecule has 0 heterocycles. The number of hydrogen-bond donors (Lipinski definition) is 0. The van der Waals surface area contributed by atoms with E-state index in [9.17, 15) is 0 Å². The molecule has 0 spiro atoms. The maximum absolute atomic E-state index is 5.90. The SMILES string of the molecule is C[Si]([N-][Si](C)(c1ccccc1)c1ccccc1)(c1ccccc1)c1ccccc1.C[Si]([N-][Si](C)(c1ccccc1)c1ccccc1)(c1ccccc1)c1ccccc1.[Yb+2]. The molecule has 7 heteroatoms. The third-order valence-electron chi connectivity index (χ3n) is 11.6. The predicted molar refractivity (Wildman–Crippen MR) is 262 cm³/mol. The van der Waals surface area contributed by atoms with Crippen molar-refractivity contribution in [2.45, 2.75) is 26.2 Å². The van der Waals surface area contributed by atoms with Gasteiger partial charge in [0.05, 0.1) is 0 Å². The van der Waals surface area contributed by atoms with Gasteiger partial charge in [-0.3, -0.25) is 0 Å². The van der Waals surface area contributed by atoms with Gasteiger partial charge in [-0.15, -0.1) is 0 Å². The zero-order valence-corrected chi connectivity index (χ0v) is 40.0. The molecule has 0 aliphatic rings. The Kier molecular flexibility index (Phi) is 15.5. The molecule has 0 N–H and O–H groups in total. The van der Waals surface area contributed by atoms with Crippen LogP contribution in [0, 0.1) is 46.9 Å². The van der Waals surface area contributed by atoms with Crippen LogP contribution in [0.15, 0.2) is 243 Å². The van der Waals surface area contributed by atoms with Crippen LogP contribution < -0.4 is 41.5 Å². The average molecular weight is 990 g/mol. The normalized spacial score (nSPS) is 11.7. The molecule has 0 aliphatic carbocycles. The zero-order valence-electron chi connectivity index (χ0n) is 34.3. The number of nitrogens with zero attached hydrogens (tertiary/aromatic N) is 2. The molecule has 59 heavy (non-hydrogen) atoms. The van der Waals surface area contributed by atoms with Gasteiger partial charge >= 0.3 is 46.9 Å². The zero-order chi connectivity index (χ0) is 40.3. The van der Waals surface area contributed by atoms with E-state index in [0.717, 1.165) is 0 Å². The van der Waals surface area contributed by atoms with Gasteiger partial charge in [-0.1, -0.05) is 310 Å². The molecule has 0 aliphatic heterocycles. The van der Waals surface area contributed by atoms with Crippen LogP contribution in [0.4, 0.5) is 0 Å². The minimum absolute atomic E-state index is 0. The summed E-state index contributed by atoms with van der Waals surface area (Å²) in [5.74, 6) is 0. The largest absolute Gasteiger partial charge is 2.00 e. The van der Waals surface area contributed by atoms with Crippen molar-refractivity contribution in [1.29, 1.82) is 0 Å². The van der Waals surface area contributed by atoms with Gasteiger partial charge in [0.2, 0.25) is 0 Å². The van der Waals surface area contributed by atoms with Gasteiger partial charge in [-0.25, -0.2) is 0 Å². The second-order valence-corrected chi connectivity index (χ2v) is 30.4. The Bertz CT molecular complexity index is 1920. The van der Waals surface area contributed by atoms with Gasteiger partial charge in [-0.05, 0) is 0 Å². The fourth-order valence-corrected chi connectivity index (χ4v) is 27.5. The first kappa shape index (κ1) is 44.6. The van der Waals surface area contributed by atoms with E-state index in [1.807, 2.05) is 0 Å². The first-order valence-corrected chi connectivity index (χ1v) is 30.0. The van der Waals surface area contributed by atoms with E-state index in [1.165, 1.54) is 41.5 Å². The molecule has 2 nitrogen and oxygen atoms in total. The smallest absolute Gasteiger partial charge is 0.652 e. The van der Waals surface area contributed by atoms with Crippen LogP contribution in [0.2, 0.25) is 26.2 Å². The van der Waals surface area contributed by atoms with E-state index >= 15 is 0 Å². The molecule has 0 bridgehead atoms. The molecular formula is C52H52N2Si4Yb. The Morgan fingerprint density at radius 2 is 0.305 bits per heavy atom. The topological polar surface area (TPSA) is 28.2 Å². The molecule has 0 fully saturated rings. The summed E-state index contributed by atoms with van der Waals surface area (Å²) in [6.07, 6.45) is 0. The summed E-state index contributed by atoms with van der Waals surface area (Å²) >= 11 is 0. The predicted octanol–water partition coefficient (Wildman–Crippen LogP) is 8.28. The molecule has 300 valence electrons. The molecular weight excluding hydrogens is 938 g/mol. The van der Waals surface area contributed by atoms with Crippen molar-refractivity contribution in [3.63, 3.8) is 0 Å². The van der Waals surface area contributed by atoms with Crippen LogP contribution in [0.3, 0.4) is 0 Å². The van der Waals surface area contributed by atoms with Crippen molar-refractivity contribution in [2.24, 2.45) is 0 Å². The quantitative estimate of drug-likeness (QED) is 0.110.